The zero-order valence-corrected chi connectivity index (χ0v) is 10.5. The summed E-state index contributed by atoms with van der Waals surface area (Å²) in [4.78, 5) is 12.0. The smallest absolute Gasteiger partial charge is 0.339 e. The lowest BCUT2D eigenvalue weighted by Crippen LogP contribution is -2.12. The van der Waals surface area contributed by atoms with Gasteiger partial charge in [0.2, 0.25) is 0 Å². The van der Waals surface area contributed by atoms with Crippen LogP contribution >= 0.6 is 0 Å². The summed E-state index contributed by atoms with van der Waals surface area (Å²) in [6, 6.07) is 13.7. The molecule has 0 saturated heterocycles. The molecule has 3 rings (SSSR count). The van der Waals surface area contributed by atoms with Crippen LogP contribution < -0.4 is 4.74 Å². The van der Waals surface area contributed by atoms with Crippen LogP contribution in [0.2, 0.25) is 0 Å². The van der Waals surface area contributed by atoms with Crippen LogP contribution in [0.15, 0.2) is 66.3 Å². The average Bonchev–Trinajstić information content (AvgIpc) is 2.48. The SMILES string of the molecule is O=C(Oc1ccc2ccccc2c1)C1=CC=CCC1. The van der Waals surface area contributed by atoms with Crippen molar-refractivity contribution >= 4 is 16.7 Å². The molecule has 0 aliphatic heterocycles. The number of ether oxygens (including phenoxy) is 1. The van der Waals surface area contributed by atoms with Gasteiger partial charge in [0.05, 0.1) is 0 Å². The molecule has 0 saturated carbocycles. The second-order valence-electron chi connectivity index (χ2n) is 4.56. The minimum Gasteiger partial charge on any atom is -0.423 e. The molecule has 0 fully saturated rings. The fourth-order valence-corrected chi connectivity index (χ4v) is 2.18. The van der Waals surface area contributed by atoms with Gasteiger partial charge in [-0.3, -0.25) is 0 Å². The summed E-state index contributed by atoms with van der Waals surface area (Å²) in [5.41, 5.74) is 0.732. The lowest BCUT2D eigenvalue weighted by atomic mass is 10.1. The minimum absolute atomic E-state index is 0.250. The van der Waals surface area contributed by atoms with Crippen LogP contribution in [0.1, 0.15) is 12.8 Å². The van der Waals surface area contributed by atoms with Gasteiger partial charge in [0.25, 0.3) is 0 Å². The second kappa shape index (κ2) is 5.11. The molecular formula is C17H14O2. The van der Waals surface area contributed by atoms with Crippen LogP contribution in [-0.4, -0.2) is 5.97 Å². The van der Waals surface area contributed by atoms with Gasteiger partial charge >= 0.3 is 5.97 Å². The molecule has 2 aromatic rings. The fourth-order valence-electron chi connectivity index (χ4n) is 2.18. The molecule has 0 bridgehead atoms. The quantitative estimate of drug-likeness (QED) is 0.594. The highest BCUT2D eigenvalue weighted by molar-refractivity contribution is 5.91. The first kappa shape index (κ1) is 11.7. The van der Waals surface area contributed by atoms with Crippen molar-refractivity contribution in [3.63, 3.8) is 0 Å². The molecule has 0 atom stereocenters. The molecular weight excluding hydrogens is 236 g/mol. The van der Waals surface area contributed by atoms with Gasteiger partial charge in [-0.25, -0.2) is 4.79 Å². The van der Waals surface area contributed by atoms with E-state index in [1.807, 2.05) is 60.7 Å². The molecule has 94 valence electrons. The first-order chi connectivity index (χ1) is 9.33. The van der Waals surface area contributed by atoms with Gasteiger partial charge in [-0.15, -0.1) is 0 Å². The molecule has 0 spiro atoms. The number of hydrogen-bond donors (Lipinski definition) is 0. The molecule has 2 aromatic carbocycles. The van der Waals surface area contributed by atoms with Crippen molar-refractivity contribution in [2.45, 2.75) is 12.8 Å². The summed E-state index contributed by atoms with van der Waals surface area (Å²) in [5.74, 6) is 0.346. The molecule has 0 amide bonds. The molecule has 0 N–H and O–H groups in total. The first-order valence-corrected chi connectivity index (χ1v) is 6.39. The monoisotopic (exact) mass is 250 g/mol. The van der Waals surface area contributed by atoms with Gasteiger partial charge in [0.1, 0.15) is 5.75 Å². The van der Waals surface area contributed by atoms with E-state index >= 15 is 0 Å². The normalized spacial score (nSPS) is 14.2. The Labute approximate surface area is 112 Å². The van der Waals surface area contributed by atoms with Crippen LogP contribution in [0.3, 0.4) is 0 Å². The summed E-state index contributed by atoms with van der Waals surface area (Å²) >= 11 is 0. The Balaban J connectivity index is 1.83. The maximum absolute atomic E-state index is 12.0. The number of allylic oxidation sites excluding steroid dienone is 3. The van der Waals surface area contributed by atoms with Crippen molar-refractivity contribution in [3.05, 3.63) is 66.3 Å². The van der Waals surface area contributed by atoms with E-state index in [-0.39, 0.29) is 5.97 Å². The van der Waals surface area contributed by atoms with Gasteiger partial charge in [-0.1, -0.05) is 48.6 Å². The maximum Gasteiger partial charge on any atom is 0.339 e. The fraction of sp³-hybridized carbons (Fsp3) is 0.118. The topological polar surface area (TPSA) is 26.3 Å². The molecule has 0 unspecified atom stereocenters. The van der Waals surface area contributed by atoms with E-state index in [1.54, 1.807) is 0 Å². The van der Waals surface area contributed by atoms with E-state index in [0.717, 1.165) is 29.2 Å². The number of carbonyl (C=O) groups excluding carboxylic acids is 1. The third kappa shape index (κ3) is 2.58. The Hall–Kier alpha value is -2.35. The van der Waals surface area contributed by atoms with E-state index in [0.29, 0.717) is 5.75 Å². The summed E-state index contributed by atoms with van der Waals surface area (Å²) in [6.07, 6.45) is 7.43. The standard InChI is InChI=1S/C17H14O2/c18-17(14-7-2-1-3-8-14)19-16-11-10-13-6-4-5-9-15(13)12-16/h1-2,4-7,9-12H,3,8H2. The van der Waals surface area contributed by atoms with E-state index < -0.39 is 0 Å². The number of rotatable bonds is 2. The molecule has 0 heterocycles. The average molecular weight is 250 g/mol. The highest BCUT2D eigenvalue weighted by Gasteiger charge is 2.12. The van der Waals surface area contributed by atoms with Crippen LogP contribution in [0.25, 0.3) is 10.8 Å². The Morgan fingerprint density at radius 2 is 1.89 bits per heavy atom. The predicted octanol–water partition coefficient (Wildman–Crippen LogP) is 4.02. The molecule has 0 aromatic heterocycles. The van der Waals surface area contributed by atoms with Gasteiger partial charge in [0.15, 0.2) is 0 Å². The second-order valence-corrected chi connectivity index (χ2v) is 4.56. The number of fused-ring (bicyclic) bond motifs is 1. The predicted molar refractivity (Wildman–Crippen MR) is 76.0 cm³/mol. The highest BCUT2D eigenvalue weighted by atomic mass is 16.5. The van der Waals surface area contributed by atoms with Crippen molar-refractivity contribution in [1.82, 2.24) is 0 Å². The third-order valence-corrected chi connectivity index (χ3v) is 3.21. The third-order valence-electron chi connectivity index (χ3n) is 3.21. The Kier molecular flexibility index (Phi) is 3.15. The number of benzene rings is 2. The van der Waals surface area contributed by atoms with Crippen LogP contribution in [-0.2, 0) is 4.79 Å². The minimum atomic E-state index is -0.250. The van der Waals surface area contributed by atoms with E-state index in [2.05, 4.69) is 0 Å². The molecule has 2 nitrogen and oxygen atoms in total. The molecule has 19 heavy (non-hydrogen) atoms. The molecule has 1 aliphatic rings. The van der Waals surface area contributed by atoms with E-state index in [9.17, 15) is 4.79 Å². The van der Waals surface area contributed by atoms with Crippen LogP contribution in [0.5, 0.6) is 5.75 Å². The highest BCUT2D eigenvalue weighted by Crippen LogP contribution is 2.22. The van der Waals surface area contributed by atoms with Crippen molar-refractivity contribution in [3.8, 4) is 5.75 Å². The number of hydrogen-bond acceptors (Lipinski definition) is 2. The van der Waals surface area contributed by atoms with Crippen molar-refractivity contribution in [2.24, 2.45) is 0 Å². The van der Waals surface area contributed by atoms with Crippen molar-refractivity contribution in [2.75, 3.05) is 0 Å². The maximum atomic E-state index is 12.0. The molecule has 1 aliphatic carbocycles. The first-order valence-electron chi connectivity index (χ1n) is 6.39. The van der Waals surface area contributed by atoms with Gasteiger partial charge in [-0.2, -0.15) is 0 Å². The Morgan fingerprint density at radius 3 is 2.68 bits per heavy atom. The van der Waals surface area contributed by atoms with Crippen LogP contribution in [0, 0.1) is 0 Å². The number of carbonyl (C=O) groups is 1. The van der Waals surface area contributed by atoms with E-state index in [4.69, 9.17) is 4.74 Å². The van der Waals surface area contributed by atoms with Crippen molar-refractivity contribution < 1.29 is 9.53 Å². The lowest BCUT2D eigenvalue weighted by molar-refractivity contribution is -0.130. The van der Waals surface area contributed by atoms with Crippen LogP contribution in [0.4, 0.5) is 0 Å². The zero-order chi connectivity index (χ0) is 13.1. The van der Waals surface area contributed by atoms with Gasteiger partial charge in [-0.05, 0) is 35.7 Å². The summed E-state index contributed by atoms with van der Waals surface area (Å²) in [6.45, 7) is 0. The Morgan fingerprint density at radius 1 is 1.05 bits per heavy atom. The summed E-state index contributed by atoms with van der Waals surface area (Å²) in [5, 5.41) is 2.22. The number of esters is 1. The van der Waals surface area contributed by atoms with Gasteiger partial charge in [0, 0.05) is 5.57 Å². The molecule has 2 heteroatoms. The Bertz CT molecular complexity index is 680. The largest absolute Gasteiger partial charge is 0.423 e. The van der Waals surface area contributed by atoms with Gasteiger partial charge < -0.3 is 4.74 Å². The van der Waals surface area contributed by atoms with Crippen molar-refractivity contribution in [1.29, 1.82) is 0 Å². The lowest BCUT2D eigenvalue weighted by Gasteiger charge is -2.09. The zero-order valence-electron chi connectivity index (χ0n) is 10.5. The molecule has 0 radical (unpaired) electrons. The van der Waals surface area contributed by atoms with E-state index in [1.165, 1.54) is 0 Å². The summed E-state index contributed by atoms with van der Waals surface area (Å²) < 4.78 is 5.42. The summed E-state index contributed by atoms with van der Waals surface area (Å²) in [7, 11) is 0.